The zero-order valence-electron chi connectivity index (χ0n) is 14.8. The Morgan fingerprint density at radius 2 is 2.04 bits per heavy atom. The number of hydrogen-bond donors (Lipinski definition) is 1. The number of carbonyl (C=O) groups is 2. The van der Waals surface area contributed by atoms with Crippen molar-refractivity contribution in [2.45, 2.75) is 25.7 Å². The van der Waals surface area contributed by atoms with Gasteiger partial charge in [0.15, 0.2) is 18.2 Å². The van der Waals surface area contributed by atoms with Crippen LogP contribution in [0.2, 0.25) is 0 Å². The van der Waals surface area contributed by atoms with E-state index < -0.39 is 30.1 Å². The standard InChI is InChI=1S/C19H15F2N3O4/c1-9-17-12(7-15(10-2-3-10)23-18(17)28-24-9)19(26)27-8-16(25)22-11-4-5-13(20)14(21)6-11/h4-7,10H,2-3,8H2,1H3,(H,22,25). The fourth-order valence-electron chi connectivity index (χ4n) is 2.84. The first kappa shape index (κ1) is 18.0. The minimum absolute atomic E-state index is 0.0529. The number of aromatic nitrogens is 2. The van der Waals surface area contributed by atoms with Gasteiger partial charge >= 0.3 is 5.97 Å². The van der Waals surface area contributed by atoms with Crippen LogP contribution in [0.15, 0.2) is 28.8 Å². The molecule has 7 nitrogen and oxygen atoms in total. The molecule has 144 valence electrons. The summed E-state index contributed by atoms with van der Waals surface area (Å²) in [6, 6.07) is 4.56. The van der Waals surface area contributed by atoms with Crippen LogP contribution in [-0.2, 0) is 9.53 Å². The van der Waals surface area contributed by atoms with Crippen molar-refractivity contribution in [2.24, 2.45) is 0 Å². The van der Waals surface area contributed by atoms with Crippen molar-refractivity contribution in [2.75, 3.05) is 11.9 Å². The molecule has 1 aliphatic rings. The van der Waals surface area contributed by atoms with E-state index in [4.69, 9.17) is 9.26 Å². The van der Waals surface area contributed by atoms with Gasteiger partial charge in [-0.2, -0.15) is 0 Å². The number of nitrogens with zero attached hydrogens (tertiary/aromatic N) is 2. The molecule has 0 spiro atoms. The zero-order valence-corrected chi connectivity index (χ0v) is 14.8. The molecule has 1 N–H and O–H groups in total. The molecule has 1 amide bonds. The second kappa shape index (κ2) is 6.99. The summed E-state index contributed by atoms with van der Waals surface area (Å²) < 4.78 is 36.4. The quantitative estimate of drug-likeness (QED) is 0.674. The Hall–Kier alpha value is -3.36. The highest BCUT2D eigenvalue weighted by Crippen LogP contribution is 2.40. The number of pyridine rings is 1. The highest BCUT2D eigenvalue weighted by molar-refractivity contribution is 6.04. The molecular formula is C19H15F2N3O4. The number of anilines is 1. The van der Waals surface area contributed by atoms with Crippen LogP contribution in [0.5, 0.6) is 0 Å². The number of carbonyl (C=O) groups excluding carboxylic acids is 2. The molecule has 9 heteroatoms. The van der Waals surface area contributed by atoms with Crippen molar-refractivity contribution in [3.8, 4) is 0 Å². The third-order valence-corrected chi connectivity index (χ3v) is 4.39. The van der Waals surface area contributed by atoms with Gasteiger partial charge in [-0.25, -0.2) is 18.6 Å². The Bertz CT molecular complexity index is 1090. The minimum atomic E-state index is -1.09. The third kappa shape index (κ3) is 3.55. The SMILES string of the molecule is Cc1noc2nc(C3CC3)cc(C(=O)OCC(=O)Nc3ccc(F)c(F)c3)c12. The first-order valence-corrected chi connectivity index (χ1v) is 8.61. The fourth-order valence-corrected chi connectivity index (χ4v) is 2.84. The molecule has 1 fully saturated rings. The Kier molecular flexibility index (Phi) is 4.50. The summed E-state index contributed by atoms with van der Waals surface area (Å²) in [5.74, 6) is -3.25. The smallest absolute Gasteiger partial charge is 0.339 e. The van der Waals surface area contributed by atoms with Crippen molar-refractivity contribution in [3.05, 3.63) is 52.9 Å². The lowest BCUT2D eigenvalue weighted by Crippen LogP contribution is -2.21. The molecule has 0 bridgehead atoms. The van der Waals surface area contributed by atoms with E-state index in [2.05, 4.69) is 15.5 Å². The molecule has 4 rings (SSSR count). The van der Waals surface area contributed by atoms with Gasteiger partial charge in [-0.3, -0.25) is 4.79 Å². The van der Waals surface area contributed by atoms with Crippen molar-refractivity contribution < 1.29 is 27.6 Å². The highest BCUT2D eigenvalue weighted by atomic mass is 19.2. The summed E-state index contributed by atoms with van der Waals surface area (Å²) in [7, 11) is 0. The molecule has 1 aromatic carbocycles. The molecule has 0 radical (unpaired) electrons. The minimum Gasteiger partial charge on any atom is -0.452 e. The fraction of sp³-hybridized carbons (Fsp3) is 0.263. The molecule has 2 heterocycles. The highest BCUT2D eigenvalue weighted by Gasteiger charge is 2.29. The van der Waals surface area contributed by atoms with Crippen LogP contribution in [0, 0.1) is 18.6 Å². The molecule has 0 unspecified atom stereocenters. The van der Waals surface area contributed by atoms with Crippen molar-refractivity contribution >= 4 is 28.7 Å². The molecule has 0 saturated heterocycles. The van der Waals surface area contributed by atoms with Crippen LogP contribution in [0.3, 0.4) is 0 Å². The molecule has 28 heavy (non-hydrogen) atoms. The predicted molar refractivity (Wildman–Crippen MR) is 93.8 cm³/mol. The monoisotopic (exact) mass is 387 g/mol. The number of fused-ring (bicyclic) bond motifs is 1. The molecule has 1 aliphatic carbocycles. The van der Waals surface area contributed by atoms with Crippen LogP contribution < -0.4 is 5.32 Å². The van der Waals surface area contributed by atoms with E-state index in [1.807, 2.05) is 0 Å². The molecule has 3 aromatic rings. The van der Waals surface area contributed by atoms with Gasteiger partial charge in [0, 0.05) is 23.4 Å². The van der Waals surface area contributed by atoms with E-state index in [-0.39, 0.29) is 22.9 Å². The number of aryl methyl sites for hydroxylation is 1. The van der Waals surface area contributed by atoms with Gasteiger partial charge in [0.1, 0.15) is 0 Å². The summed E-state index contributed by atoms with van der Waals surface area (Å²) >= 11 is 0. The number of rotatable bonds is 5. The van der Waals surface area contributed by atoms with E-state index in [0.717, 1.165) is 30.7 Å². The van der Waals surface area contributed by atoms with E-state index in [9.17, 15) is 18.4 Å². The molecular weight excluding hydrogens is 372 g/mol. The number of amides is 1. The van der Waals surface area contributed by atoms with Crippen molar-refractivity contribution in [1.29, 1.82) is 0 Å². The number of hydrogen-bond acceptors (Lipinski definition) is 6. The van der Waals surface area contributed by atoms with Crippen LogP contribution >= 0.6 is 0 Å². The largest absolute Gasteiger partial charge is 0.452 e. The van der Waals surface area contributed by atoms with Gasteiger partial charge in [0.05, 0.1) is 16.6 Å². The average molecular weight is 387 g/mol. The Morgan fingerprint density at radius 3 is 2.75 bits per heavy atom. The molecule has 2 aromatic heterocycles. The van der Waals surface area contributed by atoms with Gasteiger partial charge in [-0.15, -0.1) is 0 Å². The van der Waals surface area contributed by atoms with Gasteiger partial charge in [0.2, 0.25) is 0 Å². The van der Waals surface area contributed by atoms with E-state index in [0.29, 0.717) is 11.1 Å². The summed E-state index contributed by atoms with van der Waals surface area (Å²) in [5, 5.41) is 6.61. The lowest BCUT2D eigenvalue weighted by molar-refractivity contribution is -0.119. The molecule has 0 atom stereocenters. The van der Waals surface area contributed by atoms with Crippen LogP contribution in [-0.4, -0.2) is 28.6 Å². The van der Waals surface area contributed by atoms with Crippen LogP contribution in [0.25, 0.3) is 11.1 Å². The van der Waals surface area contributed by atoms with Crippen molar-refractivity contribution in [3.63, 3.8) is 0 Å². The van der Waals surface area contributed by atoms with Gasteiger partial charge in [-0.05, 0) is 38.0 Å². The summed E-state index contributed by atoms with van der Waals surface area (Å²) in [5.41, 5.74) is 1.74. The van der Waals surface area contributed by atoms with Gasteiger partial charge in [0.25, 0.3) is 11.6 Å². The zero-order chi connectivity index (χ0) is 19.8. The number of halogens is 2. The third-order valence-electron chi connectivity index (χ3n) is 4.39. The normalized spacial score (nSPS) is 13.5. The number of ether oxygens (including phenoxy) is 1. The second-order valence-corrected chi connectivity index (χ2v) is 6.57. The maximum atomic E-state index is 13.2. The molecule has 1 saturated carbocycles. The van der Waals surface area contributed by atoms with Crippen LogP contribution in [0.1, 0.15) is 40.5 Å². The van der Waals surface area contributed by atoms with E-state index >= 15 is 0 Å². The molecule has 0 aliphatic heterocycles. The first-order valence-electron chi connectivity index (χ1n) is 8.61. The van der Waals surface area contributed by atoms with E-state index in [1.54, 1.807) is 13.0 Å². The van der Waals surface area contributed by atoms with Gasteiger partial charge in [-0.1, -0.05) is 5.16 Å². The Balaban J connectivity index is 1.48. The maximum absolute atomic E-state index is 13.2. The van der Waals surface area contributed by atoms with Gasteiger partial charge < -0.3 is 14.6 Å². The number of esters is 1. The van der Waals surface area contributed by atoms with E-state index in [1.165, 1.54) is 6.07 Å². The number of benzene rings is 1. The average Bonchev–Trinajstić information content (AvgIpc) is 3.46. The Labute approximate surface area is 157 Å². The maximum Gasteiger partial charge on any atom is 0.339 e. The topological polar surface area (TPSA) is 94.3 Å². The van der Waals surface area contributed by atoms with Crippen LogP contribution in [0.4, 0.5) is 14.5 Å². The summed E-state index contributed by atoms with van der Waals surface area (Å²) in [6.07, 6.45) is 1.97. The summed E-state index contributed by atoms with van der Waals surface area (Å²) in [4.78, 5) is 28.9. The second-order valence-electron chi connectivity index (χ2n) is 6.57. The lowest BCUT2D eigenvalue weighted by atomic mass is 10.1. The predicted octanol–water partition coefficient (Wildman–Crippen LogP) is 3.48. The van der Waals surface area contributed by atoms with Crippen molar-refractivity contribution in [1.82, 2.24) is 10.1 Å². The first-order chi connectivity index (χ1) is 13.4. The summed E-state index contributed by atoms with van der Waals surface area (Å²) in [6.45, 7) is 1.08. The number of nitrogens with one attached hydrogen (secondary N) is 1. The Morgan fingerprint density at radius 1 is 1.25 bits per heavy atom. The lowest BCUT2D eigenvalue weighted by Gasteiger charge is -2.08.